The maximum absolute atomic E-state index is 12.9. The summed E-state index contributed by atoms with van der Waals surface area (Å²) in [6.07, 6.45) is 1.03. The number of fused-ring (bicyclic) bond motifs is 1. The zero-order valence-electron chi connectivity index (χ0n) is 16.2. The summed E-state index contributed by atoms with van der Waals surface area (Å²) in [5, 5.41) is 2.74. The molecule has 4 rings (SSSR count). The van der Waals surface area contributed by atoms with Crippen molar-refractivity contribution >= 4 is 27.9 Å². The zero-order chi connectivity index (χ0) is 20.2. The Morgan fingerprint density at radius 3 is 2.55 bits per heavy atom. The molecule has 6 heteroatoms. The molecule has 0 aliphatic heterocycles. The molecule has 0 aliphatic carbocycles. The van der Waals surface area contributed by atoms with Gasteiger partial charge in [0.1, 0.15) is 0 Å². The van der Waals surface area contributed by atoms with Crippen molar-refractivity contribution in [2.24, 2.45) is 0 Å². The molecule has 2 aromatic heterocycles. The first-order valence-electron chi connectivity index (χ1n) is 9.66. The van der Waals surface area contributed by atoms with Gasteiger partial charge < -0.3 is 0 Å². The lowest BCUT2D eigenvalue weighted by atomic mass is 10.2. The second kappa shape index (κ2) is 8.91. The number of benzene rings is 2. The molecule has 0 amide bonds. The summed E-state index contributed by atoms with van der Waals surface area (Å²) in [5.74, 6) is 0. The minimum atomic E-state index is -0.0342. The van der Waals surface area contributed by atoms with E-state index in [0.29, 0.717) is 6.54 Å². The highest BCUT2D eigenvalue weighted by Gasteiger charge is 2.13. The van der Waals surface area contributed by atoms with E-state index in [2.05, 4.69) is 11.8 Å². The third kappa shape index (κ3) is 4.58. The number of nitrogens with zero attached hydrogens (tertiary/aromatic N) is 3. The number of aromatic nitrogens is 2. The van der Waals surface area contributed by atoms with Crippen LogP contribution < -0.4 is 5.56 Å². The van der Waals surface area contributed by atoms with E-state index in [0.717, 1.165) is 46.4 Å². The molecular weight excluding hydrogens is 402 g/mol. The standard InChI is InChI=1S/C23H22ClN3OS/c1-2-12-26(14-17-8-10-19(24)11-9-17)15-20-13-22(28)27-21(16-29-23(27)25-20)18-6-4-3-5-7-18/h3-11,13,16H,2,12,14-15H2,1H3. The van der Waals surface area contributed by atoms with Gasteiger partial charge in [0.05, 0.1) is 11.4 Å². The molecule has 2 heterocycles. The summed E-state index contributed by atoms with van der Waals surface area (Å²) in [7, 11) is 0. The van der Waals surface area contributed by atoms with E-state index < -0.39 is 0 Å². The molecule has 0 saturated carbocycles. The number of halogens is 1. The van der Waals surface area contributed by atoms with Gasteiger partial charge in [-0.25, -0.2) is 4.98 Å². The Morgan fingerprint density at radius 1 is 1.07 bits per heavy atom. The zero-order valence-corrected chi connectivity index (χ0v) is 17.8. The van der Waals surface area contributed by atoms with Crippen LogP contribution in [0.5, 0.6) is 0 Å². The molecule has 0 radical (unpaired) electrons. The van der Waals surface area contributed by atoms with Crippen molar-refractivity contribution in [3.63, 3.8) is 0 Å². The van der Waals surface area contributed by atoms with Gasteiger partial charge in [-0.1, -0.05) is 61.0 Å². The molecule has 2 aromatic carbocycles. The maximum atomic E-state index is 12.9. The molecule has 0 atom stereocenters. The first kappa shape index (κ1) is 19.8. The normalized spacial score (nSPS) is 11.4. The summed E-state index contributed by atoms with van der Waals surface area (Å²) in [6, 6.07) is 19.5. The lowest BCUT2D eigenvalue weighted by Gasteiger charge is -2.21. The Kier molecular flexibility index (Phi) is 6.09. The number of thiazole rings is 1. The highest BCUT2D eigenvalue weighted by Crippen LogP contribution is 2.24. The average molecular weight is 424 g/mol. The third-order valence-corrected chi connectivity index (χ3v) is 5.85. The van der Waals surface area contributed by atoms with Crippen LogP contribution in [0.4, 0.5) is 0 Å². The second-order valence-electron chi connectivity index (χ2n) is 7.03. The summed E-state index contributed by atoms with van der Waals surface area (Å²) >= 11 is 7.50. The molecule has 0 saturated heterocycles. The largest absolute Gasteiger partial charge is 0.293 e. The van der Waals surface area contributed by atoms with Gasteiger partial charge >= 0.3 is 0 Å². The fourth-order valence-electron chi connectivity index (χ4n) is 3.46. The van der Waals surface area contributed by atoms with Gasteiger partial charge in [-0.2, -0.15) is 0 Å². The van der Waals surface area contributed by atoms with Crippen molar-refractivity contribution < 1.29 is 0 Å². The summed E-state index contributed by atoms with van der Waals surface area (Å²) in [5.41, 5.74) is 3.88. The van der Waals surface area contributed by atoms with Crippen LogP contribution in [0, 0.1) is 0 Å². The van der Waals surface area contributed by atoms with E-state index in [4.69, 9.17) is 16.6 Å². The summed E-state index contributed by atoms with van der Waals surface area (Å²) in [6.45, 7) is 4.53. The van der Waals surface area contributed by atoms with Gasteiger partial charge in [0.25, 0.3) is 5.56 Å². The topological polar surface area (TPSA) is 37.6 Å². The molecule has 148 valence electrons. The Bertz CT molecular complexity index is 1150. The van der Waals surface area contributed by atoms with Crippen molar-refractivity contribution in [2.45, 2.75) is 26.4 Å². The highest BCUT2D eigenvalue weighted by molar-refractivity contribution is 7.15. The average Bonchev–Trinajstić information content (AvgIpc) is 3.15. The van der Waals surface area contributed by atoms with Crippen LogP contribution in [0.3, 0.4) is 0 Å². The lowest BCUT2D eigenvalue weighted by Crippen LogP contribution is -2.26. The van der Waals surface area contributed by atoms with Gasteiger partial charge in [0.15, 0.2) is 4.96 Å². The first-order valence-corrected chi connectivity index (χ1v) is 10.9. The molecule has 29 heavy (non-hydrogen) atoms. The molecule has 0 N–H and O–H groups in total. The van der Waals surface area contributed by atoms with Crippen LogP contribution in [0.1, 0.15) is 24.6 Å². The quantitative estimate of drug-likeness (QED) is 0.394. The number of hydrogen-bond acceptors (Lipinski definition) is 4. The Morgan fingerprint density at radius 2 is 1.83 bits per heavy atom. The molecule has 0 unspecified atom stereocenters. The molecule has 0 aliphatic rings. The first-order chi connectivity index (χ1) is 14.1. The number of rotatable bonds is 7. The predicted octanol–water partition coefficient (Wildman–Crippen LogP) is 5.49. The second-order valence-corrected chi connectivity index (χ2v) is 8.30. The lowest BCUT2D eigenvalue weighted by molar-refractivity contribution is 0.254. The van der Waals surface area contributed by atoms with Gasteiger partial charge in [-0.15, -0.1) is 11.3 Å². The predicted molar refractivity (Wildman–Crippen MR) is 121 cm³/mol. The molecular formula is C23H22ClN3OS. The minimum Gasteiger partial charge on any atom is -0.293 e. The molecule has 0 bridgehead atoms. The van der Waals surface area contributed by atoms with Crippen molar-refractivity contribution in [2.75, 3.05) is 6.54 Å². The van der Waals surface area contributed by atoms with E-state index in [1.807, 2.05) is 60.0 Å². The number of hydrogen-bond donors (Lipinski definition) is 0. The monoisotopic (exact) mass is 423 g/mol. The van der Waals surface area contributed by atoms with Gasteiger partial charge in [0.2, 0.25) is 0 Å². The van der Waals surface area contributed by atoms with Gasteiger partial charge in [-0.3, -0.25) is 14.1 Å². The van der Waals surface area contributed by atoms with Crippen molar-refractivity contribution in [1.29, 1.82) is 0 Å². The van der Waals surface area contributed by atoms with Crippen molar-refractivity contribution in [3.8, 4) is 11.3 Å². The van der Waals surface area contributed by atoms with Crippen LogP contribution in [0.2, 0.25) is 5.02 Å². The van der Waals surface area contributed by atoms with Gasteiger partial charge in [-0.05, 0) is 36.2 Å². The molecule has 4 aromatic rings. The summed E-state index contributed by atoms with van der Waals surface area (Å²) < 4.78 is 1.70. The highest BCUT2D eigenvalue weighted by atomic mass is 35.5. The van der Waals surface area contributed by atoms with Crippen LogP contribution >= 0.6 is 22.9 Å². The summed E-state index contributed by atoms with van der Waals surface area (Å²) in [4.78, 5) is 20.7. The minimum absolute atomic E-state index is 0.0342. The van der Waals surface area contributed by atoms with Crippen LogP contribution in [0.25, 0.3) is 16.2 Å². The van der Waals surface area contributed by atoms with Gasteiger partial charge in [0, 0.05) is 29.6 Å². The van der Waals surface area contributed by atoms with E-state index >= 15 is 0 Å². The Labute approximate surface area is 179 Å². The van der Waals surface area contributed by atoms with Crippen LogP contribution in [0.15, 0.2) is 70.8 Å². The fraction of sp³-hybridized carbons (Fsp3) is 0.217. The Hall–Kier alpha value is -2.47. The molecule has 0 spiro atoms. The van der Waals surface area contributed by atoms with E-state index in [9.17, 15) is 4.79 Å². The van der Waals surface area contributed by atoms with E-state index in [-0.39, 0.29) is 5.56 Å². The SMILES string of the molecule is CCCN(Cc1ccc(Cl)cc1)Cc1cc(=O)n2c(-c3ccccc3)csc2n1. The van der Waals surface area contributed by atoms with Crippen LogP contribution in [-0.4, -0.2) is 20.8 Å². The van der Waals surface area contributed by atoms with Crippen molar-refractivity contribution in [3.05, 3.63) is 92.7 Å². The molecule has 4 nitrogen and oxygen atoms in total. The smallest absolute Gasteiger partial charge is 0.259 e. The fourth-order valence-corrected chi connectivity index (χ4v) is 4.51. The van der Waals surface area contributed by atoms with Crippen LogP contribution in [-0.2, 0) is 13.1 Å². The van der Waals surface area contributed by atoms with E-state index in [1.165, 1.54) is 16.9 Å². The Balaban J connectivity index is 1.61. The van der Waals surface area contributed by atoms with E-state index in [1.54, 1.807) is 10.5 Å². The molecule has 0 fully saturated rings. The third-order valence-electron chi connectivity index (χ3n) is 4.77. The maximum Gasteiger partial charge on any atom is 0.259 e. The van der Waals surface area contributed by atoms with Crippen molar-refractivity contribution in [1.82, 2.24) is 14.3 Å².